The van der Waals surface area contributed by atoms with Gasteiger partial charge in [-0.25, -0.2) is 4.98 Å². The fourth-order valence-corrected chi connectivity index (χ4v) is 2.18. The van der Waals surface area contributed by atoms with Crippen LogP contribution >= 0.6 is 11.6 Å². The van der Waals surface area contributed by atoms with Crippen LogP contribution < -0.4 is 15.0 Å². The molecule has 1 aliphatic heterocycles. The fourth-order valence-electron chi connectivity index (χ4n) is 1.98. The molecule has 0 bridgehead atoms. The number of ether oxygens (including phenoxy) is 1. The van der Waals surface area contributed by atoms with E-state index in [9.17, 15) is 9.59 Å². The Bertz CT molecular complexity index is 539. The quantitative estimate of drug-likeness (QED) is 0.801. The molecule has 2 rings (SSSR count). The van der Waals surface area contributed by atoms with Crippen LogP contribution in [-0.4, -0.2) is 53.2 Å². The van der Waals surface area contributed by atoms with E-state index in [4.69, 9.17) is 21.4 Å². The van der Waals surface area contributed by atoms with Gasteiger partial charge >= 0.3 is 12.0 Å². The lowest BCUT2D eigenvalue weighted by atomic mass is 10.1. The van der Waals surface area contributed by atoms with E-state index in [1.54, 1.807) is 4.90 Å². The monoisotopic (exact) mass is 300 g/mol. The molecule has 0 saturated carbocycles. The zero-order valence-electron chi connectivity index (χ0n) is 10.7. The van der Waals surface area contributed by atoms with Crippen LogP contribution in [0, 0.1) is 0 Å². The third-order valence-corrected chi connectivity index (χ3v) is 3.12. The number of hydrogen-bond donors (Lipinski definition) is 2. The third kappa shape index (κ3) is 2.90. The molecule has 0 spiro atoms. The minimum Gasteiger partial charge on any atom is -0.481 e. The SMILES string of the molecule is COc1ncc(Cl)c(N2CCNC(=O)C2CC(=O)O)n1. The van der Waals surface area contributed by atoms with Crippen molar-refractivity contribution in [2.45, 2.75) is 12.5 Å². The molecular formula is C11H13ClN4O4. The lowest BCUT2D eigenvalue weighted by Gasteiger charge is -2.35. The first-order chi connectivity index (χ1) is 9.52. The maximum absolute atomic E-state index is 11.8. The fraction of sp³-hybridized carbons (Fsp3) is 0.455. The first-order valence-electron chi connectivity index (χ1n) is 5.85. The number of carboxylic acids is 1. The zero-order valence-corrected chi connectivity index (χ0v) is 11.4. The summed E-state index contributed by atoms with van der Waals surface area (Å²) >= 11 is 6.03. The highest BCUT2D eigenvalue weighted by atomic mass is 35.5. The van der Waals surface area contributed by atoms with Crippen LogP contribution in [0.3, 0.4) is 0 Å². The highest BCUT2D eigenvalue weighted by molar-refractivity contribution is 6.32. The van der Waals surface area contributed by atoms with Crippen molar-refractivity contribution in [2.24, 2.45) is 0 Å². The number of carbonyl (C=O) groups excluding carboxylic acids is 1. The van der Waals surface area contributed by atoms with Crippen LogP contribution in [-0.2, 0) is 9.59 Å². The van der Waals surface area contributed by atoms with E-state index in [0.29, 0.717) is 18.9 Å². The number of carbonyl (C=O) groups is 2. The summed E-state index contributed by atoms with van der Waals surface area (Å²) in [6.45, 7) is 0.793. The van der Waals surface area contributed by atoms with Gasteiger partial charge in [0.25, 0.3) is 0 Å². The Kier molecular flexibility index (Phi) is 4.23. The number of anilines is 1. The van der Waals surface area contributed by atoms with Crippen molar-refractivity contribution in [3.63, 3.8) is 0 Å². The molecule has 0 aliphatic carbocycles. The predicted molar refractivity (Wildman–Crippen MR) is 70.0 cm³/mol. The van der Waals surface area contributed by atoms with E-state index in [0.717, 1.165) is 0 Å². The molecule has 20 heavy (non-hydrogen) atoms. The summed E-state index contributed by atoms with van der Waals surface area (Å²) in [5, 5.41) is 11.8. The number of nitrogens with one attached hydrogen (secondary N) is 1. The maximum Gasteiger partial charge on any atom is 0.318 e. The molecule has 2 N–H and O–H groups in total. The van der Waals surface area contributed by atoms with Crippen molar-refractivity contribution in [1.82, 2.24) is 15.3 Å². The summed E-state index contributed by atoms with van der Waals surface area (Å²) in [7, 11) is 1.41. The molecule has 0 aromatic carbocycles. The van der Waals surface area contributed by atoms with E-state index in [2.05, 4.69) is 15.3 Å². The van der Waals surface area contributed by atoms with Gasteiger partial charge in [-0.2, -0.15) is 4.98 Å². The Morgan fingerprint density at radius 3 is 3.10 bits per heavy atom. The number of halogens is 1. The van der Waals surface area contributed by atoms with Gasteiger partial charge in [0.15, 0.2) is 5.82 Å². The van der Waals surface area contributed by atoms with Crippen LogP contribution in [0.2, 0.25) is 5.02 Å². The second-order valence-corrected chi connectivity index (χ2v) is 4.53. The molecule has 1 saturated heterocycles. The van der Waals surface area contributed by atoms with Gasteiger partial charge in [0.1, 0.15) is 11.1 Å². The number of aliphatic carboxylic acids is 1. The number of hydrogen-bond acceptors (Lipinski definition) is 6. The molecule has 8 nitrogen and oxygen atoms in total. The Morgan fingerprint density at radius 2 is 2.45 bits per heavy atom. The summed E-state index contributed by atoms with van der Waals surface area (Å²) in [6.07, 6.45) is 1.02. The highest BCUT2D eigenvalue weighted by Crippen LogP contribution is 2.27. The Balaban J connectivity index is 2.36. The van der Waals surface area contributed by atoms with Gasteiger partial charge < -0.3 is 20.1 Å². The van der Waals surface area contributed by atoms with Gasteiger partial charge in [-0.1, -0.05) is 11.6 Å². The number of nitrogens with zero attached hydrogens (tertiary/aromatic N) is 3. The summed E-state index contributed by atoms with van der Waals surface area (Å²) < 4.78 is 4.92. The second kappa shape index (κ2) is 5.91. The number of carboxylic acid groups (broad SMARTS) is 1. The number of piperazine rings is 1. The van der Waals surface area contributed by atoms with Crippen molar-refractivity contribution >= 4 is 29.3 Å². The van der Waals surface area contributed by atoms with Crippen molar-refractivity contribution in [3.8, 4) is 6.01 Å². The van der Waals surface area contributed by atoms with Gasteiger partial charge in [-0.15, -0.1) is 0 Å². The molecule has 1 amide bonds. The lowest BCUT2D eigenvalue weighted by Crippen LogP contribution is -2.56. The average molecular weight is 301 g/mol. The molecule has 1 aromatic heterocycles. The van der Waals surface area contributed by atoms with E-state index < -0.39 is 12.0 Å². The maximum atomic E-state index is 11.8. The Hall–Kier alpha value is -2.09. The third-order valence-electron chi connectivity index (χ3n) is 2.86. The number of rotatable bonds is 4. The van der Waals surface area contributed by atoms with E-state index in [1.807, 2.05) is 0 Å². The zero-order chi connectivity index (χ0) is 14.7. The predicted octanol–water partition coefficient (Wildman–Crippen LogP) is -0.0819. The van der Waals surface area contributed by atoms with E-state index >= 15 is 0 Å². The van der Waals surface area contributed by atoms with Crippen LogP contribution in [0.5, 0.6) is 6.01 Å². The molecule has 0 radical (unpaired) electrons. The van der Waals surface area contributed by atoms with E-state index in [1.165, 1.54) is 13.3 Å². The molecular weight excluding hydrogens is 288 g/mol. The van der Waals surface area contributed by atoms with Crippen molar-refractivity contribution in [1.29, 1.82) is 0 Å². The smallest absolute Gasteiger partial charge is 0.318 e. The summed E-state index contributed by atoms with van der Waals surface area (Å²) in [4.78, 5) is 32.2. The molecule has 2 heterocycles. The standard InChI is InChI=1S/C11H13ClN4O4/c1-20-11-14-5-6(12)9(15-11)16-3-2-13-10(19)7(16)4-8(17)18/h5,7H,2-4H2,1H3,(H,13,19)(H,17,18). The largest absolute Gasteiger partial charge is 0.481 e. The van der Waals surface area contributed by atoms with Gasteiger partial charge in [-0.05, 0) is 0 Å². The number of methoxy groups -OCH3 is 1. The summed E-state index contributed by atoms with van der Waals surface area (Å²) in [5.41, 5.74) is 0. The summed E-state index contributed by atoms with van der Waals surface area (Å²) in [6, 6.07) is -0.761. The minimum atomic E-state index is -1.07. The molecule has 1 fully saturated rings. The number of aromatic nitrogens is 2. The average Bonchev–Trinajstić information content (AvgIpc) is 2.41. The molecule has 1 aliphatic rings. The second-order valence-electron chi connectivity index (χ2n) is 4.13. The lowest BCUT2D eigenvalue weighted by molar-refractivity contribution is -0.139. The van der Waals surface area contributed by atoms with Crippen LogP contribution in [0.15, 0.2) is 6.20 Å². The van der Waals surface area contributed by atoms with Gasteiger partial charge in [-0.3, -0.25) is 9.59 Å². The molecule has 108 valence electrons. The van der Waals surface area contributed by atoms with Crippen molar-refractivity contribution in [3.05, 3.63) is 11.2 Å². The first-order valence-corrected chi connectivity index (χ1v) is 6.23. The van der Waals surface area contributed by atoms with Gasteiger partial charge in [0.2, 0.25) is 5.91 Å². The molecule has 1 atom stereocenters. The molecule has 1 unspecified atom stereocenters. The van der Waals surface area contributed by atoms with Gasteiger partial charge in [0.05, 0.1) is 19.7 Å². The summed E-state index contributed by atoms with van der Waals surface area (Å²) in [5.74, 6) is -1.15. The minimum absolute atomic E-state index is 0.101. The van der Waals surface area contributed by atoms with Crippen LogP contribution in [0.1, 0.15) is 6.42 Å². The van der Waals surface area contributed by atoms with Crippen LogP contribution in [0.25, 0.3) is 0 Å². The van der Waals surface area contributed by atoms with Crippen LogP contribution in [0.4, 0.5) is 5.82 Å². The Labute approximate surface area is 119 Å². The van der Waals surface area contributed by atoms with E-state index in [-0.39, 0.29) is 23.4 Å². The van der Waals surface area contributed by atoms with Gasteiger partial charge in [0, 0.05) is 13.1 Å². The topological polar surface area (TPSA) is 105 Å². The highest BCUT2D eigenvalue weighted by Gasteiger charge is 2.33. The van der Waals surface area contributed by atoms with Crippen molar-refractivity contribution in [2.75, 3.05) is 25.1 Å². The molecule has 9 heteroatoms. The molecule has 1 aromatic rings. The normalized spacial score (nSPS) is 18.6. The Morgan fingerprint density at radius 1 is 1.70 bits per heavy atom. The number of amides is 1. The first kappa shape index (κ1) is 14.3. The van der Waals surface area contributed by atoms with Crippen molar-refractivity contribution < 1.29 is 19.4 Å².